The average Bonchev–Trinajstić information content (AvgIpc) is 3.68. The van der Waals surface area contributed by atoms with Crippen molar-refractivity contribution in [2.45, 2.75) is 45.3 Å². The Morgan fingerprint density at radius 2 is 1.54 bits per heavy atom. The number of methoxy groups -OCH3 is 2. The third-order valence-corrected chi connectivity index (χ3v) is 10.2. The van der Waals surface area contributed by atoms with Crippen molar-refractivity contribution in [1.82, 2.24) is 19.8 Å². The van der Waals surface area contributed by atoms with Crippen molar-refractivity contribution < 1.29 is 28.6 Å². The van der Waals surface area contributed by atoms with Crippen molar-refractivity contribution in [2.24, 2.45) is 5.92 Å². The average molecular weight is 725 g/mol. The molecule has 6 rings (SSSR count). The van der Waals surface area contributed by atoms with Crippen LogP contribution in [0.25, 0.3) is 10.9 Å². The predicted molar refractivity (Wildman–Crippen MR) is 203 cm³/mol. The van der Waals surface area contributed by atoms with Gasteiger partial charge in [-0.1, -0.05) is 67.7 Å². The number of nitrogens with zero attached hydrogens (tertiary/aromatic N) is 5. The molecule has 272 valence electrons. The molecule has 2 aliphatic rings. The van der Waals surface area contributed by atoms with E-state index in [0.29, 0.717) is 89.6 Å². The maximum absolute atomic E-state index is 14.1. The van der Waals surface area contributed by atoms with Gasteiger partial charge < -0.3 is 34.2 Å². The molecule has 2 unspecified atom stereocenters. The number of benzene rings is 3. The van der Waals surface area contributed by atoms with Gasteiger partial charge in [0, 0.05) is 62.1 Å². The highest BCUT2D eigenvalue weighted by Crippen LogP contribution is 2.36. The lowest BCUT2D eigenvalue weighted by Gasteiger charge is -2.36. The molecule has 0 aliphatic carbocycles. The smallest absolute Gasteiger partial charge is 0.263 e. The molecular formula is C39H44N6O6S. The number of ether oxygens (including phenoxy) is 3. The molecule has 2 saturated heterocycles. The lowest BCUT2D eigenvalue weighted by atomic mass is 9.99. The Bertz CT molecular complexity index is 1920. The first kappa shape index (κ1) is 36.5. The minimum atomic E-state index is -0.634. The quantitative estimate of drug-likeness (QED) is 0.149. The standard InChI is InChI=1S/C39H44N6O6S/c1-25(22-32(46)27-12-7-5-8-13-27)38(52)45-17-11-16-31(45)36(47)41-35-29-23-33(49-3)34(50-4)24-30(29)40-39(42-35)44-20-18-43(19-21-44)37(48)26(2)51-28-14-9-6-10-15-28/h5-10,12-15,23-26,31H,11,16-22H2,1-4H3,(H,40,41,42,47)/t25?,26?,31-/m1/s1. The number of hydrogen-bond donors (Lipinski definition) is 1. The largest absolute Gasteiger partial charge is 0.493 e. The van der Waals surface area contributed by atoms with Gasteiger partial charge in [-0.05, 0) is 38.0 Å². The van der Waals surface area contributed by atoms with Gasteiger partial charge in [0.05, 0.1) is 24.7 Å². The van der Waals surface area contributed by atoms with E-state index < -0.39 is 12.1 Å². The van der Waals surface area contributed by atoms with E-state index in [4.69, 9.17) is 36.4 Å². The summed E-state index contributed by atoms with van der Waals surface area (Å²) >= 11 is 5.88. The van der Waals surface area contributed by atoms with E-state index in [9.17, 15) is 14.4 Å². The van der Waals surface area contributed by atoms with Gasteiger partial charge in [-0.2, -0.15) is 4.98 Å². The number of thiocarbonyl (C=S) groups is 1. The van der Waals surface area contributed by atoms with E-state index in [1.165, 1.54) is 0 Å². The number of fused-ring (bicyclic) bond motifs is 1. The van der Waals surface area contributed by atoms with Gasteiger partial charge >= 0.3 is 0 Å². The molecule has 3 atom stereocenters. The zero-order chi connectivity index (χ0) is 36.8. The Morgan fingerprint density at radius 1 is 0.885 bits per heavy atom. The lowest BCUT2D eigenvalue weighted by Crippen LogP contribution is -2.52. The van der Waals surface area contributed by atoms with E-state index >= 15 is 0 Å². The number of aromatic nitrogens is 2. The maximum atomic E-state index is 14.1. The number of piperazine rings is 1. The molecule has 2 amide bonds. The highest BCUT2D eigenvalue weighted by atomic mass is 32.1. The van der Waals surface area contributed by atoms with Crippen molar-refractivity contribution in [1.29, 1.82) is 0 Å². The molecule has 2 aliphatic heterocycles. The summed E-state index contributed by atoms with van der Waals surface area (Å²) in [6, 6.07) is 21.5. The maximum Gasteiger partial charge on any atom is 0.263 e. The van der Waals surface area contributed by atoms with Crippen molar-refractivity contribution in [3.8, 4) is 17.2 Å². The second-order valence-corrected chi connectivity index (χ2v) is 13.5. The first-order valence-corrected chi connectivity index (χ1v) is 18.0. The summed E-state index contributed by atoms with van der Waals surface area (Å²) in [5.41, 5.74) is 1.21. The summed E-state index contributed by atoms with van der Waals surface area (Å²) in [5, 5.41) is 3.68. The molecule has 0 radical (unpaired) electrons. The van der Waals surface area contributed by atoms with Gasteiger partial charge in [-0.25, -0.2) is 4.98 Å². The van der Waals surface area contributed by atoms with Gasteiger partial charge in [0.25, 0.3) is 5.91 Å². The fraction of sp³-hybridized carbons (Fsp3) is 0.385. The Kier molecular flexibility index (Phi) is 11.5. The van der Waals surface area contributed by atoms with Crippen LogP contribution in [0.1, 0.15) is 43.5 Å². The second-order valence-electron chi connectivity index (χ2n) is 13.1. The summed E-state index contributed by atoms with van der Waals surface area (Å²) < 4.78 is 17.0. The number of para-hydroxylation sites is 1. The molecule has 13 heteroatoms. The number of likely N-dealkylation sites (tertiary alicyclic amines) is 1. The molecule has 0 bridgehead atoms. The Morgan fingerprint density at radius 3 is 2.21 bits per heavy atom. The molecule has 0 spiro atoms. The molecule has 1 aromatic heterocycles. The molecule has 4 aromatic rings. The first-order valence-electron chi connectivity index (χ1n) is 17.6. The van der Waals surface area contributed by atoms with Crippen molar-refractivity contribution in [2.75, 3.05) is 57.2 Å². The highest BCUT2D eigenvalue weighted by molar-refractivity contribution is 7.80. The minimum Gasteiger partial charge on any atom is -0.493 e. The number of carbonyl (C=O) groups excluding carboxylic acids is 3. The van der Waals surface area contributed by atoms with Crippen LogP contribution in [-0.4, -0.2) is 101 Å². The molecule has 3 heterocycles. The molecule has 12 nitrogen and oxygen atoms in total. The lowest BCUT2D eigenvalue weighted by molar-refractivity contribution is -0.138. The fourth-order valence-corrected chi connectivity index (χ4v) is 7.01. The minimum absolute atomic E-state index is 0.0141. The zero-order valence-electron chi connectivity index (χ0n) is 29.9. The van der Waals surface area contributed by atoms with E-state index in [1.54, 1.807) is 50.3 Å². The van der Waals surface area contributed by atoms with E-state index in [-0.39, 0.29) is 29.9 Å². The Hall–Kier alpha value is -5.30. The number of carbonyl (C=O) groups is 3. The number of ketones is 1. The SMILES string of the molecule is COc1cc2nc(N3CCN(C(=O)C(C)Oc4ccccc4)CC3)nc(NC(=O)[C@H]3CCCN3C(=S)C(C)CC(=O)c3ccccc3)c2cc1OC. The number of rotatable bonds is 12. The summed E-state index contributed by atoms with van der Waals surface area (Å²) in [6.45, 7) is 6.20. The topological polar surface area (TPSA) is 126 Å². The van der Waals surface area contributed by atoms with Crippen molar-refractivity contribution in [3.05, 3.63) is 78.4 Å². The van der Waals surface area contributed by atoms with Crippen molar-refractivity contribution >= 4 is 57.5 Å². The van der Waals surface area contributed by atoms with Crippen LogP contribution in [-0.2, 0) is 9.59 Å². The monoisotopic (exact) mass is 724 g/mol. The van der Waals surface area contributed by atoms with Crippen LogP contribution in [0.3, 0.4) is 0 Å². The number of hydrogen-bond acceptors (Lipinski definition) is 10. The number of amides is 2. The Labute approximate surface area is 309 Å². The van der Waals surface area contributed by atoms with Crippen molar-refractivity contribution in [3.63, 3.8) is 0 Å². The highest BCUT2D eigenvalue weighted by Gasteiger charge is 2.35. The van der Waals surface area contributed by atoms with Crippen LogP contribution in [0.5, 0.6) is 17.2 Å². The van der Waals surface area contributed by atoms with Gasteiger partial charge in [0.2, 0.25) is 11.9 Å². The summed E-state index contributed by atoms with van der Waals surface area (Å²) in [5.74, 6) is 1.81. The van der Waals surface area contributed by atoms with Crippen LogP contribution in [0.2, 0.25) is 0 Å². The zero-order valence-corrected chi connectivity index (χ0v) is 30.7. The number of anilines is 2. The summed E-state index contributed by atoms with van der Waals surface area (Å²) in [4.78, 5) is 56.3. The predicted octanol–water partition coefficient (Wildman–Crippen LogP) is 5.40. The third-order valence-electron chi connectivity index (χ3n) is 9.56. The second kappa shape index (κ2) is 16.4. The van der Waals surface area contributed by atoms with E-state index in [0.717, 1.165) is 6.42 Å². The van der Waals surface area contributed by atoms with Gasteiger partial charge in [0.1, 0.15) is 17.6 Å². The van der Waals surface area contributed by atoms with Gasteiger partial charge in [-0.15, -0.1) is 0 Å². The molecule has 2 fully saturated rings. The fourth-order valence-electron chi connectivity index (χ4n) is 6.71. The summed E-state index contributed by atoms with van der Waals surface area (Å²) in [6.07, 6.45) is 1.02. The normalized spacial score (nSPS) is 17.0. The molecular weight excluding hydrogens is 681 g/mol. The molecule has 0 saturated carbocycles. The van der Waals surface area contributed by atoms with Crippen LogP contribution in [0, 0.1) is 5.92 Å². The third kappa shape index (κ3) is 8.09. The Balaban J connectivity index is 1.19. The van der Waals surface area contributed by atoms with Gasteiger partial charge in [0.15, 0.2) is 23.4 Å². The molecule has 52 heavy (non-hydrogen) atoms. The first-order chi connectivity index (χ1) is 25.2. The molecule has 3 aromatic carbocycles. The number of Topliss-reactive ketones (excluding diaryl/α,β-unsaturated/α-hetero) is 1. The molecule has 1 N–H and O–H groups in total. The van der Waals surface area contributed by atoms with Crippen LogP contribution < -0.4 is 24.4 Å². The van der Waals surface area contributed by atoms with E-state index in [2.05, 4.69) is 5.32 Å². The van der Waals surface area contributed by atoms with Crippen LogP contribution in [0.15, 0.2) is 72.8 Å². The van der Waals surface area contributed by atoms with Crippen LogP contribution >= 0.6 is 12.2 Å². The van der Waals surface area contributed by atoms with E-state index in [1.807, 2.05) is 65.3 Å². The van der Waals surface area contributed by atoms with Gasteiger partial charge in [-0.3, -0.25) is 14.4 Å². The summed E-state index contributed by atoms with van der Waals surface area (Å²) in [7, 11) is 3.10. The van der Waals surface area contributed by atoms with Crippen LogP contribution in [0.4, 0.5) is 11.8 Å². The number of nitrogens with one attached hydrogen (secondary N) is 1.